The van der Waals surface area contributed by atoms with Crippen LogP contribution in [0.4, 0.5) is 0 Å². The minimum absolute atomic E-state index is 0.351. The number of aliphatic hydroxyl groups excluding tert-OH is 3. The highest BCUT2D eigenvalue weighted by Crippen LogP contribution is 2.22. The van der Waals surface area contributed by atoms with Crippen LogP contribution in [0.3, 0.4) is 0 Å². The number of nitrogens with one attached hydrogen (secondary N) is 1. The lowest BCUT2D eigenvalue weighted by molar-refractivity contribution is -0.173. The van der Waals surface area contributed by atoms with Crippen molar-refractivity contribution >= 4 is 18.5 Å². The van der Waals surface area contributed by atoms with Gasteiger partial charge in [-0.3, -0.25) is 4.79 Å². The molecule has 5 atom stereocenters. The van der Waals surface area contributed by atoms with Crippen LogP contribution in [-0.2, 0) is 9.53 Å². The number of aliphatic hydroxyl groups is 3. The van der Waals surface area contributed by atoms with Crippen LogP contribution in [-0.4, -0.2) is 57.6 Å². The van der Waals surface area contributed by atoms with E-state index in [1.165, 1.54) is 6.92 Å². The first-order valence-electron chi connectivity index (χ1n) is 4.55. The molecule has 1 aliphatic heterocycles. The molecule has 1 rings (SSSR count). The minimum Gasteiger partial charge on any atom is -0.394 e. The van der Waals surface area contributed by atoms with Crippen molar-refractivity contribution in [1.82, 2.24) is 5.32 Å². The summed E-state index contributed by atoms with van der Waals surface area (Å²) in [5.41, 5.74) is -0.760. The summed E-state index contributed by atoms with van der Waals surface area (Å²) in [5.74, 6) is -0.351. The van der Waals surface area contributed by atoms with Gasteiger partial charge in [0.25, 0.3) is 0 Å². The Bertz CT molecular complexity index is 239. The average Bonchev–Trinajstić information content (AvgIpc) is 2.18. The summed E-state index contributed by atoms with van der Waals surface area (Å²) in [5, 5.41) is 30.4. The molecule has 0 bridgehead atoms. The quantitative estimate of drug-likeness (QED) is 0.353. The summed E-state index contributed by atoms with van der Waals surface area (Å²) in [4.78, 5) is 10.8. The number of amides is 1. The van der Waals surface area contributed by atoms with E-state index in [1.807, 2.05) is 0 Å². The van der Waals surface area contributed by atoms with E-state index in [4.69, 9.17) is 9.84 Å². The fourth-order valence-corrected chi connectivity index (χ4v) is 1.89. The molecule has 6 nitrogen and oxygen atoms in total. The zero-order valence-corrected chi connectivity index (χ0v) is 9.09. The smallest absolute Gasteiger partial charge is 0.217 e. The monoisotopic (exact) mass is 237 g/mol. The SMILES string of the molecule is CC(=O)N[C@H]1C(S)O[C@H](CO)[C@@H](O)[C@@H]1O. The Morgan fingerprint density at radius 1 is 1.47 bits per heavy atom. The van der Waals surface area contributed by atoms with Crippen molar-refractivity contribution in [3.63, 3.8) is 0 Å². The molecule has 0 aromatic rings. The molecule has 1 fully saturated rings. The summed E-state index contributed by atoms with van der Waals surface area (Å²) in [6.45, 7) is 0.875. The van der Waals surface area contributed by atoms with Gasteiger partial charge >= 0.3 is 0 Å². The van der Waals surface area contributed by atoms with Gasteiger partial charge in [-0.1, -0.05) is 0 Å². The lowest BCUT2D eigenvalue weighted by atomic mass is 9.98. The molecule has 4 N–H and O–H groups in total. The summed E-state index contributed by atoms with van der Waals surface area (Å²) < 4.78 is 5.12. The Morgan fingerprint density at radius 2 is 2.07 bits per heavy atom. The maximum atomic E-state index is 10.8. The standard InChI is InChI=1S/C8H15NO5S/c1-3(11)9-5-7(13)6(12)4(2-10)14-8(5)15/h4-8,10,12-13,15H,2H2,1H3,(H,9,11)/t4-,5-,6-,7-,8?/m1/s1. The maximum Gasteiger partial charge on any atom is 0.217 e. The maximum absolute atomic E-state index is 10.8. The van der Waals surface area contributed by atoms with Crippen LogP contribution >= 0.6 is 12.6 Å². The number of thiol groups is 1. The first-order valence-corrected chi connectivity index (χ1v) is 5.06. The molecule has 0 aliphatic carbocycles. The summed E-state index contributed by atoms with van der Waals surface area (Å²) in [6.07, 6.45) is -3.33. The van der Waals surface area contributed by atoms with Crippen molar-refractivity contribution < 1.29 is 24.9 Å². The van der Waals surface area contributed by atoms with Gasteiger partial charge < -0.3 is 25.4 Å². The number of carbonyl (C=O) groups is 1. The van der Waals surface area contributed by atoms with Crippen molar-refractivity contribution in [3.8, 4) is 0 Å². The van der Waals surface area contributed by atoms with E-state index in [0.29, 0.717) is 0 Å². The molecule has 1 unspecified atom stereocenters. The molecule has 0 aromatic carbocycles. The molecule has 7 heteroatoms. The number of ether oxygens (including phenoxy) is 1. The van der Waals surface area contributed by atoms with E-state index < -0.39 is 36.4 Å². The van der Waals surface area contributed by atoms with Gasteiger partial charge in [0, 0.05) is 6.92 Å². The molecule has 1 amide bonds. The second-order valence-corrected chi connectivity index (χ2v) is 3.96. The summed E-state index contributed by atoms with van der Waals surface area (Å²) in [6, 6.07) is -0.788. The number of rotatable bonds is 2. The Labute approximate surface area is 92.7 Å². The minimum atomic E-state index is -1.24. The zero-order chi connectivity index (χ0) is 11.6. The Balaban J connectivity index is 2.70. The topological polar surface area (TPSA) is 99.0 Å². The van der Waals surface area contributed by atoms with E-state index in [2.05, 4.69) is 17.9 Å². The van der Waals surface area contributed by atoms with E-state index in [-0.39, 0.29) is 5.91 Å². The highest BCUT2D eigenvalue weighted by Gasteiger charge is 2.43. The molecule has 0 saturated carbocycles. The average molecular weight is 237 g/mol. The van der Waals surface area contributed by atoms with Crippen LogP contribution in [0.5, 0.6) is 0 Å². The van der Waals surface area contributed by atoms with Crippen LogP contribution in [0.1, 0.15) is 6.92 Å². The van der Waals surface area contributed by atoms with Gasteiger partial charge in [-0.05, 0) is 0 Å². The van der Waals surface area contributed by atoms with Crippen LogP contribution in [0, 0.1) is 0 Å². The lowest BCUT2D eigenvalue weighted by Crippen LogP contribution is -2.62. The molecular weight excluding hydrogens is 222 g/mol. The van der Waals surface area contributed by atoms with Crippen LogP contribution in [0.2, 0.25) is 0 Å². The Hall–Kier alpha value is -0.340. The van der Waals surface area contributed by atoms with Crippen LogP contribution in [0.25, 0.3) is 0 Å². The van der Waals surface area contributed by atoms with Gasteiger partial charge in [0.2, 0.25) is 5.91 Å². The van der Waals surface area contributed by atoms with Gasteiger partial charge in [-0.15, -0.1) is 12.6 Å². The molecule has 1 saturated heterocycles. The molecule has 0 radical (unpaired) electrons. The van der Waals surface area contributed by atoms with Crippen LogP contribution < -0.4 is 5.32 Å². The van der Waals surface area contributed by atoms with Crippen molar-refractivity contribution in [2.24, 2.45) is 0 Å². The van der Waals surface area contributed by atoms with Crippen molar-refractivity contribution in [2.45, 2.75) is 36.7 Å². The van der Waals surface area contributed by atoms with Gasteiger partial charge in [0.05, 0.1) is 12.6 Å². The lowest BCUT2D eigenvalue weighted by Gasteiger charge is -2.40. The molecule has 1 heterocycles. The molecule has 15 heavy (non-hydrogen) atoms. The fourth-order valence-electron chi connectivity index (χ4n) is 1.49. The highest BCUT2D eigenvalue weighted by atomic mass is 32.1. The molecule has 88 valence electrons. The number of hydrogen-bond donors (Lipinski definition) is 5. The van der Waals surface area contributed by atoms with Crippen molar-refractivity contribution in [1.29, 1.82) is 0 Å². The van der Waals surface area contributed by atoms with Gasteiger partial charge in [-0.2, -0.15) is 0 Å². The van der Waals surface area contributed by atoms with Gasteiger partial charge in [0.15, 0.2) is 0 Å². The highest BCUT2D eigenvalue weighted by molar-refractivity contribution is 7.80. The molecule has 0 spiro atoms. The van der Waals surface area contributed by atoms with E-state index in [0.717, 1.165) is 0 Å². The predicted molar refractivity (Wildman–Crippen MR) is 54.4 cm³/mol. The van der Waals surface area contributed by atoms with Crippen molar-refractivity contribution in [2.75, 3.05) is 6.61 Å². The first kappa shape index (κ1) is 12.7. The third-order valence-corrected chi connectivity index (χ3v) is 2.71. The van der Waals surface area contributed by atoms with Gasteiger partial charge in [0.1, 0.15) is 23.7 Å². The fraction of sp³-hybridized carbons (Fsp3) is 0.875. The van der Waals surface area contributed by atoms with E-state index in [1.54, 1.807) is 0 Å². The third kappa shape index (κ3) is 2.82. The van der Waals surface area contributed by atoms with E-state index >= 15 is 0 Å². The number of carbonyl (C=O) groups excluding carboxylic acids is 1. The second-order valence-electron chi connectivity index (χ2n) is 3.46. The van der Waals surface area contributed by atoms with Crippen molar-refractivity contribution in [3.05, 3.63) is 0 Å². The van der Waals surface area contributed by atoms with Gasteiger partial charge in [-0.25, -0.2) is 0 Å². The first-order chi connectivity index (χ1) is 6.97. The zero-order valence-electron chi connectivity index (χ0n) is 8.20. The molecule has 1 aliphatic rings. The Morgan fingerprint density at radius 3 is 2.53 bits per heavy atom. The van der Waals surface area contributed by atoms with E-state index in [9.17, 15) is 15.0 Å². The Kier molecular flexibility index (Phi) is 4.35. The number of hydrogen-bond acceptors (Lipinski definition) is 6. The predicted octanol–water partition coefficient (Wildman–Crippen LogP) is -2.14. The molecule has 0 aromatic heterocycles. The normalized spacial score (nSPS) is 41.3. The molecular formula is C8H15NO5S. The third-order valence-electron chi connectivity index (χ3n) is 2.27. The second kappa shape index (κ2) is 5.13. The largest absolute Gasteiger partial charge is 0.394 e. The van der Waals surface area contributed by atoms with Crippen LogP contribution in [0.15, 0.2) is 0 Å². The summed E-state index contributed by atoms with van der Waals surface area (Å²) >= 11 is 4.02. The summed E-state index contributed by atoms with van der Waals surface area (Å²) in [7, 11) is 0.